The van der Waals surface area contributed by atoms with Crippen LogP contribution in [-0.4, -0.2) is 9.38 Å². The molecule has 3 aromatic heterocycles. The smallest absolute Gasteiger partial charge is 0.156 e. The number of nitrogens with zero attached hydrogens (tertiary/aromatic N) is 3. The van der Waals surface area contributed by atoms with Gasteiger partial charge < -0.3 is 0 Å². The monoisotopic (exact) mass is 263 g/mol. The first-order valence-corrected chi connectivity index (χ1v) is 6.86. The number of hydrogen-bond acceptors (Lipinski definition) is 3. The molecule has 90 valence electrons. The molecular formula is C15H9N3S. The first-order chi connectivity index (χ1) is 9.31. The summed E-state index contributed by atoms with van der Waals surface area (Å²) in [6.45, 7) is 2.00. The molecule has 19 heavy (non-hydrogen) atoms. The molecule has 0 spiro atoms. The predicted octanol–water partition coefficient (Wildman–Crippen LogP) is 3.88. The molecule has 0 aliphatic rings. The summed E-state index contributed by atoms with van der Waals surface area (Å²) in [5.74, 6) is 0. The Bertz CT molecular complexity index is 985. The van der Waals surface area contributed by atoms with Gasteiger partial charge in [0, 0.05) is 0 Å². The van der Waals surface area contributed by atoms with Crippen LogP contribution in [0.1, 0.15) is 11.1 Å². The summed E-state index contributed by atoms with van der Waals surface area (Å²) in [5.41, 5.74) is 5.56. The molecule has 0 amide bonds. The van der Waals surface area contributed by atoms with Gasteiger partial charge in [0.25, 0.3) is 0 Å². The van der Waals surface area contributed by atoms with Crippen LogP contribution in [-0.2, 0) is 0 Å². The lowest BCUT2D eigenvalue weighted by atomic mass is 10.1. The van der Waals surface area contributed by atoms with E-state index in [0.29, 0.717) is 5.56 Å². The number of fused-ring (bicyclic) bond motifs is 5. The average molecular weight is 263 g/mol. The maximum atomic E-state index is 9.44. The lowest BCUT2D eigenvalue weighted by Crippen LogP contribution is -1.93. The number of aromatic nitrogens is 2. The number of hydrogen-bond donors (Lipinski definition) is 0. The van der Waals surface area contributed by atoms with E-state index in [1.165, 1.54) is 0 Å². The first kappa shape index (κ1) is 10.5. The van der Waals surface area contributed by atoms with E-state index in [2.05, 4.69) is 26.9 Å². The van der Waals surface area contributed by atoms with Crippen LogP contribution in [0.15, 0.2) is 35.7 Å². The van der Waals surface area contributed by atoms with Crippen LogP contribution in [0, 0.1) is 18.3 Å². The van der Waals surface area contributed by atoms with Crippen LogP contribution in [0.4, 0.5) is 0 Å². The third kappa shape index (κ3) is 1.23. The Kier molecular flexibility index (Phi) is 1.97. The van der Waals surface area contributed by atoms with Crippen molar-refractivity contribution in [2.75, 3.05) is 0 Å². The standard InChI is InChI=1S/C15H9N3S/c1-9-10(8-16)15-17-11-4-2-3-5-12(11)18(15)13-6-7-19-14(9)13/h2-7H,1H3. The van der Waals surface area contributed by atoms with Gasteiger partial charge in [0.1, 0.15) is 6.07 Å². The summed E-state index contributed by atoms with van der Waals surface area (Å²) in [7, 11) is 0. The number of para-hydroxylation sites is 2. The van der Waals surface area contributed by atoms with Gasteiger partial charge in [-0.3, -0.25) is 4.40 Å². The Balaban J connectivity index is 2.45. The molecular weight excluding hydrogens is 254 g/mol. The van der Waals surface area contributed by atoms with Gasteiger partial charge in [-0.25, -0.2) is 4.98 Å². The molecule has 0 aliphatic carbocycles. The lowest BCUT2D eigenvalue weighted by molar-refractivity contribution is 1.27. The zero-order valence-corrected chi connectivity index (χ0v) is 11.0. The SMILES string of the molecule is Cc1c(C#N)c2nc3ccccc3n2c2ccsc12. The van der Waals surface area contributed by atoms with Gasteiger partial charge in [0.2, 0.25) is 0 Å². The van der Waals surface area contributed by atoms with E-state index < -0.39 is 0 Å². The van der Waals surface area contributed by atoms with Crippen LogP contribution < -0.4 is 0 Å². The summed E-state index contributed by atoms with van der Waals surface area (Å²) in [5, 5.41) is 11.5. The highest BCUT2D eigenvalue weighted by Crippen LogP contribution is 2.32. The topological polar surface area (TPSA) is 41.1 Å². The molecule has 3 heterocycles. The van der Waals surface area contributed by atoms with Crippen molar-refractivity contribution in [2.24, 2.45) is 0 Å². The van der Waals surface area contributed by atoms with Gasteiger partial charge in [0.05, 0.1) is 26.8 Å². The lowest BCUT2D eigenvalue weighted by Gasteiger charge is -2.04. The normalized spacial score (nSPS) is 11.4. The van der Waals surface area contributed by atoms with Crippen LogP contribution in [0.25, 0.3) is 26.9 Å². The Morgan fingerprint density at radius 1 is 1.21 bits per heavy atom. The minimum Gasteiger partial charge on any atom is -0.290 e. The second kappa shape index (κ2) is 3.56. The molecule has 0 saturated carbocycles. The number of imidazole rings is 1. The van der Waals surface area contributed by atoms with E-state index in [-0.39, 0.29) is 0 Å². The molecule has 0 unspecified atom stereocenters. The Labute approximate surface area is 113 Å². The fourth-order valence-corrected chi connectivity index (χ4v) is 3.50. The molecule has 0 atom stereocenters. The van der Waals surface area contributed by atoms with Gasteiger partial charge in [-0.2, -0.15) is 5.26 Å². The zero-order valence-electron chi connectivity index (χ0n) is 10.2. The zero-order chi connectivity index (χ0) is 13.0. The third-order valence-electron chi connectivity index (χ3n) is 3.50. The minimum absolute atomic E-state index is 0.672. The van der Waals surface area contributed by atoms with Gasteiger partial charge in [-0.05, 0) is 36.1 Å². The van der Waals surface area contributed by atoms with Crippen molar-refractivity contribution in [1.29, 1.82) is 5.26 Å². The summed E-state index contributed by atoms with van der Waals surface area (Å²) in [6, 6.07) is 12.4. The van der Waals surface area contributed by atoms with Crippen molar-refractivity contribution in [3.63, 3.8) is 0 Å². The molecule has 1 aromatic carbocycles. The molecule has 4 aromatic rings. The van der Waals surface area contributed by atoms with Crippen LogP contribution in [0.2, 0.25) is 0 Å². The van der Waals surface area contributed by atoms with Crippen molar-refractivity contribution in [1.82, 2.24) is 9.38 Å². The van der Waals surface area contributed by atoms with Crippen molar-refractivity contribution in [2.45, 2.75) is 6.92 Å². The van der Waals surface area contributed by atoms with E-state index in [1.54, 1.807) is 11.3 Å². The maximum Gasteiger partial charge on any atom is 0.156 e. The summed E-state index contributed by atoms with van der Waals surface area (Å²) >= 11 is 1.67. The largest absolute Gasteiger partial charge is 0.290 e. The van der Waals surface area contributed by atoms with E-state index in [1.807, 2.05) is 31.2 Å². The second-order valence-electron chi connectivity index (χ2n) is 4.51. The highest BCUT2D eigenvalue weighted by atomic mass is 32.1. The number of thiophene rings is 1. The third-order valence-corrected chi connectivity index (χ3v) is 4.52. The molecule has 0 N–H and O–H groups in total. The maximum absolute atomic E-state index is 9.44. The summed E-state index contributed by atoms with van der Waals surface area (Å²) < 4.78 is 3.25. The van der Waals surface area contributed by atoms with E-state index in [0.717, 1.165) is 32.5 Å². The fraction of sp³-hybridized carbons (Fsp3) is 0.0667. The number of nitriles is 1. The highest BCUT2D eigenvalue weighted by Gasteiger charge is 2.16. The summed E-state index contributed by atoms with van der Waals surface area (Å²) in [4.78, 5) is 4.62. The molecule has 0 saturated heterocycles. The molecule has 3 nitrogen and oxygen atoms in total. The van der Waals surface area contributed by atoms with Gasteiger partial charge in [0.15, 0.2) is 5.65 Å². The summed E-state index contributed by atoms with van der Waals surface area (Å²) in [6.07, 6.45) is 0. The molecule has 4 heteroatoms. The first-order valence-electron chi connectivity index (χ1n) is 5.98. The fourth-order valence-electron chi connectivity index (χ4n) is 2.61. The van der Waals surface area contributed by atoms with Gasteiger partial charge in [-0.15, -0.1) is 11.3 Å². The van der Waals surface area contributed by atoms with Crippen molar-refractivity contribution < 1.29 is 0 Å². The van der Waals surface area contributed by atoms with Crippen molar-refractivity contribution in [3.8, 4) is 6.07 Å². The Morgan fingerprint density at radius 2 is 2.05 bits per heavy atom. The minimum atomic E-state index is 0.672. The van der Waals surface area contributed by atoms with Gasteiger partial charge in [-0.1, -0.05) is 12.1 Å². The quantitative estimate of drug-likeness (QED) is 0.483. The highest BCUT2D eigenvalue weighted by molar-refractivity contribution is 7.17. The van der Waals surface area contributed by atoms with Crippen molar-refractivity contribution >= 4 is 38.2 Å². The molecule has 0 aliphatic heterocycles. The molecule has 0 radical (unpaired) electrons. The average Bonchev–Trinajstić information content (AvgIpc) is 3.02. The number of benzene rings is 1. The van der Waals surface area contributed by atoms with Gasteiger partial charge >= 0.3 is 0 Å². The van der Waals surface area contributed by atoms with Crippen LogP contribution in [0.3, 0.4) is 0 Å². The predicted molar refractivity (Wildman–Crippen MR) is 77.5 cm³/mol. The van der Waals surface area contributed by atoms with E-state index in [4.69, 9.17) is 0 Å². The van der Waals surface area contributed by atoms with E-state index in [9.17, 15) is 5.26 Å². The Hall–Kier alpha value is -2.38. The van der Waals surface area contributed by atoms with Crippen molar-refractivity contribution in [3.05, 3.63) is 46.8 Å². The number of aryl methyl sites for hydroxylation is 1. The molecule has 0 bridgehead atoms. The Morgan fingerprint density at radius 3 is 2.89 bits per heavy atom. The van der Waals surface area contributed by atoms with Crippen LogP contribution in [0.5, 0.6) is 0 Å². The van der Waals surface area contributed by atoms with E-state index >= 15 is 0 Å². The molecule has 0 fully saturated rings. The second-order valence-corrected chi connectivity index (χ2v) is 5.42. The number of rotatable bonds is 0. The van der Waals surface area contributed by atoms with Crippen LogP contribution >= 0.6 is 11.3 Å². The number of pyridine rings is 1. The molecule has 4 rings (SSSR count).